The van der Waals surface area contributed by atoms with Gasteiger partial charge in [0.15, 0.2) is 0 Å². The van der Waals surface area contributed by atoms with Gasteiger partial charge in [-0.25, -0.2) is 0 Å². The van der Waals surface area contributed by atoms with Crippen molar-refractivity contribution in [2.75, 3.05) is 0 Å². The van der Waals surface area contributed by atoms with E-state index >= 15 is 0 Å². The summed E-state index contributed by atoms with van der Waals surface area (Å²) in [5.74, 6) is -0.958. The third-order valence-corrected chi connectivity index (χ3v) is 32.7. The second kappa shape index (κ2) is 16.4. The van der Waals surface area contributed by atoms with Crippen LogP contribution in [0.5, 0.6) is 0 Å². The van der Waals surface area contributed by atoms with E-state index in [0.717, 1.165) is 0 Å². The normalized spacial score (nSPS) is 16.6. The fourth-order valence-corrected chi connectivity index (χ4v) is 31.3. The van der Waals surface area contributed by atoms with E-state index in [1.54, 1.807) is 33.4 Å². The SMILES string of the molecule is CCCCCCC1=Cc2c(-c3ccc(C)cc3)cccc2[CH]1[Zr]([CH]1C(CCCCCC)=Cc2c(-c3ccc(C)cc3)cccc21)[SiH](C)C. The first-order chi connectivity index (χ1) is 23.4. The Bertz CT molecular complexity index is 1610. The summed E-state index contributed by atoms with van der Waals surface area (Å²) in [4.78, 5) is 0. The van der Waals surface area contributed by atoms with Crippen molar-refractivity contribution in [2.24, 2.45) is 0 Å². The van der Waals surface area contributed by atoms with Gasteiger partial charge in [0.25, 0.3) is 0 Å². The summed E-state index contributed by atoms with van der Waals surface area (Å²) in [7, 11) is 0. The Morgan fingerprint density at radius 1 is 0.521 bits per heavy atom. The Labute approximate surface area is 301 Å². The molecule has 4 aromatic rings. The molecule has 0 fully saturated rings. The van der Waals surface area contributed by atoms with Crippen LogP contribution in [0.1, 0.15) is 119 Å². The monoisotopic (exact) mass is 727 g/mol. The van der Waals surface area contributed by atoms with E-state index in [1.165, 1.54) is 97.6 Å². The quantitative estimate of drug-likeness (QED) is 0.0844. The van der Waals surface area contributed by atoms with Gasteiger partial charge in [-0.05, 0) is 0 Å². The van der Waals surface area contributed by atoms with E-state index in [-0.39, 0.29) is 0 Å². The molecule has 0 N–H and O–H groups in total. The molecule has 0 bridgehead atoms. The van der Waals surface area contributed by atoms with Gasteiger partial charge in [-0.3, -0.25) is 0 Å². The van der Waals surface area contributed by atoms with Crippen molar-refractivity contribution in [1.29, 1.82) is 0 Å². The van der Waals surface area contributed by atoms with E-state index in [1.807, 2.05) is 0 Å². The standard InChI is InChI=1S/2C22H25.C2H7Si.Zr/c2*1-3-4-5-6-8-18-15-20-9-7-10-21(22(20)16-18)19-13-11-17(2)12-14-19;1-3-2;/h2*7,9-16H,3-6,8H2,1-2H3;3H,1-2H3;. The van der Waals surface area contributed by atoms with Gasteiger partial charge in [0, 0.05) is 0 Å². The van der Waals surface area contributed by atoms with Crippen molar-refractivity contribution < 1.29 is 20.9 Å². The van der Waals surface area contributed by atoms with Gasteiger partial charge >= 0.3 is 303 Å². The van der Waals surface area contributed by atoms with E-state index in [9.17, 15) is 0 Å². The molecule has 0 saturated heterocycles. The first-order valence-corrected chi connectivity index (χ1v) is 29.1. The van der Waals surface area contributed by atoms with E-state index in [4.69, 9.17) is 0 Å². The van der Waals surface area contributed by atoms with Crippen LogP contribution in [0.2, 0.25) is 13.1 Å². The van der Waals surface area contributed by atoms with E-state index < -0.39 is 26.8 Å². The molecule has 0 aliphatic heterocycles. The molecule has 2 aliphatic rings. The summed E-state index contributed by atoms with van der Waals surface area (Å²) in [6.07, 6.45) is 18.7. The Morgan fingerprint density at radius 3 is 1.31 bits per heavy atom. The van der Waals surface area contributed by atoms with Gasteiger partial charge in [-0.2, -0.15) is 0 Å². The Morgan fingerprint density at radius 2 is 0.938 bits per heavy atom. The van der Waals surface area contributed by atoms with Crippen LogP contribution in [-0.4, -0.2) is 5.92 Å². The van der Waals surface area contributed by atoms with Gasteiger partial charge in [0.05, 0.1) is 0 Å². The molecular weight excluding hydrogens is 672 g/mol. The Hall–Kier alpha value is -2.54. The van der Waals surface area contributed by atoms with Gasteiger partial charge in [0.1, 0.15) is 0 Å². The van der Waals surface area contributed by atoms with Crippen LogP contribution in [0.3, 0.4) is 0 Å². The Kier molecular flexibility index (Phi) is 12.1. The summed E-state index contributed by atoms with van der Waals surface area (Å²) < 4.78 is 1.39. The molecule has 6 rings (SSSR count). The molecule has 2 aliphatic carbocycles. The van der Waals surface area contributed by atoms with Crippen LogP contribution in [-0.2, 0) is 20.9 Å². The average Bonchev–Trinajstić information content (AvgIpc) is 3.64. The summed E-state index contributed by atoms with van der Waals surface area (Å²) in [6, 6.07) is 33.2. The fraction of sp³-hybridized carbons (Fsp3) is 0.391. The van der Waals surface area contributed by atoms with E-state index in [0.29, 0.717) is 7.25 Å². The number of rotatable bonds is 15. The number of hydrogen-bond donors (Lipinski definition) is 0. The zero-order valence-corrected chi connectivity index (χ0v) is 34.2. The van der Waals surface area contributed by atoms with Gasteiger partial charge in [0.2, 0.25) is 0 Å². The van der Waals surface area contributed by atoms with Crippen LogP contribution < -0.4 is 0 Å². The van der Waals surface area contributed by atoms with Crippen molar-refractivity contribution in [3.63, 3.8) is 0 Å². The molecule has 0 spiro atoms. The fourth-order valence-electron chi connectivity index (χ4n) is 8.46. The predicted molar refractivity (Wildman–Crippen MR) is 211 cm³/mol. The van der Waals surface area contributed by atoms with Crippen molar-refractivity contribution in [3.8, 4) is 22.3 Å². The molecular formula is C46H57SiZr. The number of benzene rings is 4. The summed E-state index contributed by atoms with van der Waals surface area (Å²) in [5, 5.41) is 0. The summed E-state index contributed by atoms with van der Waals surface area (Å²) in [5.41, 5.74) is 18.3. The molecule has 0 saturated carbocycles. The van der Waals surface area contributed by atoms with Crippen LogP contribution in [0.4, 0.5) is 0 Å². The molecule has 0 amide bonds. The predicted octanol–water partition coefficient (Wildman–Crippen LogP) is 13.8. The number of hydrogen-bond acceptors (Lipinski definition) is 0. The van der Waals surface area contributed by atoms with Crippen molar-refractivity contribution in [1.82, 2.24) is 0 Å². The summed E-state index contributed by atoms with van der Waals surface area (Å²) in [6.45, 7) is 14.6. The minimum atomic E-state index is -2.20. The number of aryl methyl sites for hydroxylation is 2. The van der Waals surface area contributed by atoms with Crippen LogP contribution in [0.25, 0.3) is 34.4 Å². The summed E-state index contributed by atoms with van der Waals surface area (Å²) >= 11 is -2.20. The van der Waals surface area contributed by atoms with Gasteiger partial charge in [-0.15, -0.1) is 0 Å². The molecule has 2 atom stereocenters. The van der Waals surface area contributed by atoms with Crippen molar-refractivity contribution in [2.45, 2.75) is 112 Å². The molecule has 0 heterocycles. The topological polar surface area (TPSA) is 0 Å². The second-order valence-electron chi connectivity index (χ2n) is 14.9. The first-order valence-electron chi connectivity index (χ1n) is 19.1. The zero-order valence-electron chi connectivity index (χ0n) is 30.5. The van der Waals surface area contributed by atoms with Crippen molar-refractivity contribution >= 4 is 18.1 Å². The van der Waals surface area contributed by atoms with Crippen molar-refractivity contribution in [3.05, 3.63) is 129 Å². The Balaban J connectivity index is 1.47. The first kappa shape index (κ1) is 35.3. The number of allylic oxidation sites excluding steroid dienone is 2. The van der Waals surface area contributed by atoms with Crippen LogP contribution >= 0.6 is 0 Å². The van der Waals surface area contributed by atoms with Crippen LogP contribution in [0.15, 0.2) is 96.1 Å². The van der Waals surface area contributed by atoms with Gasteiger partial charge in [-0.1, -0.05) is 0 Å². The second-order valence-corrected chi connectivity index (χ2v) is 35.0. The molecule has 4 aromatic carbocycles. The molecule has 0 nitrogen and oxygen atoms in total. The molecule has 48 heavy (non-hydrogen) atoms. The third kappa shape index (κ3) is 7.61. The van der Waals surface area contributed by atoms with E-state index in [2.05, 4.69) is 138 Å². The maximum absolute atomic E-state index is 2.74. The molecule has 2 unspecified atom stereocenters. The molecule has 249 valence electrons. The average molecular weight is 729 g/mol. The minimum absolute atomic E-state index is 0.694. The third-order valence-electron chi connectivity index (χ3n) is 11.0. The molecule has 0 radical (unpaired) electrons. The molecule has 2 heteroatoms. The maximum atomic E-state index is 2.74. The van der Waals surface area contributed by atoms with Crippen LogP contribution in [0, 0.1) is 13.8 Å². The number of fused-ring (bicyclic) bond motifs is 2. The van der Waals surface area contributed by atoms with Gasteiger partial charge < -0.3 is 0 Å². The number of unbranched alkanes of at least 4 members (excludes halogenated alkanes) is 6. The molecule has 0 aromatic heterocycles. The zero-order chi connectivity index (χ0) is 33.6.